The lowest BCUT2D eigenvalue weighted by Crippen LogP contribution is -2.13. The molecule has 0 aromatic heterocycles. The summed E-state index contributed by atoms with van der Waals surface area (Å²) in [6.45, 7) is 6.38. The summed E-state index contributed by atoms with van der Waals surface area (Å²) >= 11 is 0. The Hall–Kier alpha value is -4.24. The van der Waals surface area contributed by atoms with Gasteiger partial charge < -0.3 is 4.74 Å². The Morgan fingerprint density at radius 3 is 1.89 bits per heavy atom. The number of carbonyl (C=O) groups is 2. The second-order valence-corrected chi connectivity index (χ2v) is 9.40. The van der Waals surface area contributed by atoms with Gasteiger partial charge in [-0.2, -0.15) is 0 Å². The van der Waals surface area contributed by atoms with Crippen LogP contribution in [0.3, 0.4) is 0 Å². The fourth-order valence-electron chi connectivity index (χ4n) is 3.70. The number of ether oxygens (including phenoxy) is 1. The van der Waals surface area contributed by atoms with E-state index in [0.717, 1.165) is 16.7 Å². The smallest absolute Gasteiger partial charge is 0.343 e. The number of para-hydroxylation sites is 1. The molecule has 0 saturated carbocycles. The number of esters is 1. The third-order valence-corrected chi connectivity index (χ3v) is 5.80. The molecule has 0 aliphatic rings. The standard InChI is InChI=1S/C32H28O3/c1-32(2,3)28-20-17-27(18-21-28)31(34)35-30-12-8-7-11-26(30)19-22-29(33)25-15-13-24(14-16-25)23-9-5-4-6-10-23/h4-22H,1-3H3/b22-19+. The average molecular weight is 461 g/mol. The van der Waals surface area contributed by atoms with E-state index in [-0.39, 0.29) is 11.2 Å². The molecular weight excluding hydrogens is 432 g/mol. The molecule has 0 spiro atoms. The van der Waals surface area contributed by atoms with Crippen LogP contribution in [0.15, 0.2) is 109 Å². The first-order chi connectivity index (χ1) is 16.8. The van der Waals surface area contributed by atoms with Crippen molar-refractivity contribution in [2.45, 2.75) is 26.2 Å². The first-order valence-electron chi connectivity index (χ1n) is 11.6. The highest BCUT2D eigenvalue weighted by Gasteiger charge is 2.16. The van der Waals surface area contributed by atoms with Crippen molar-refractivity contribution in [2.75, 3.05) is 0 Å². The fraction of sp³-hybridized carbons (Fsp3) is 0.125. The number of carbonyl (C=O) groups excluding carboxylic acids is 2. The number of hydrogen-bond donors (Lipinski definition) is 0. The minimum Gasteiger partial charge on any atom is -0.422 e. The zero-order valence-corrected chi connectivity index (χ0v) is 20.2. The molecule has 0 amide bonds. The number of allylic oxidation sites excluding steroid dienone is 1. The first-order valence-corrected chi connectivity index (χ1v) is 11.6. The summed E-state index contributed by atoms with van der Waals surface area (Å²) in [4.78, 5) is 25.5. The van der Waals surface area contributed by atoms with E-state index >= 15 is 0 Å². The second kappa shape index (κ2) is 10.4. The van der Waals surface area contributed by atoms with Crippen LogP contribution in [0.2, 0.25) is 0 Å². The predicted octanol–water partition coefficient (Wildman–Crippen LogP) is 7.77. The number of benzene rings is 4. The van der Waals surface area contributed by atoms with Gasteiger partial charge >= 0.3 is 5.97 Å². The largest absolute Gasteiger partial charge is 0.422 e. The Bertz CT molecular complexity index is 1340. The number of ketones is 1. The highest BCUT2D eigenvalue weighted by atomic mass is 16.5. The first kappa shape index (κ1) is 23.9. The number of rotatable bonds is 6. The lowest BCUT2D eigenvalue weighted by molar-refractivity contribution is 0.0734. The van der Waals surface area contributed by atoms with Crippen molar-refractivity contribution in [3.63, 3.8) is 0 Å². The molecule has 3 heteroatoms. The van der Waals surface area contributed by atoms with Crippen molar-refractivity contribution in [1.29, 1.82) is 0 Å². The maximum Gasteiger partial charge on any atom is 0.343 e. The molecular formula is C32H28O3. The summed E-state index contributed by atoms with van der Waals surface area (Å²) in [5.41, 5.74) is 5.04. The van der Waals surface area contributed by atoms with Crippen LogP contribution in [0.25, 0.3) is 17.2 Å². The minimum absolute atomic E-state index is 0.00817. The zero-order valence-electron chi connectivity index (χ0n) is 20.2. The second-order valence-electron chi connectivity index (χ2n) is 9.40. The zero-order chi connectivity index (χ0) is 24.8. The van der Waals surface area contributed by atoms with Gasteiger partial charge in [0, 0.05) is 11.1 Å². The highest BCUT2D eigenvalue weighted by Crippen LogP contribution is 2.25. The van der Waals surface area contributed by atoms with Crippen LogP contribution < -0.4 is 4.74 Å². The quantitative estimate of drug-likeness (QED) is 0.128. The van der Waals surface area contributed by atoms with Crippen LogP contribution in [0.1, 0.15) is 52.6 Å². The maximum absolute atomic E-state index is 12.7. The predicted molar refractivity (Wildman–Crippen MR) is 142 cm³/mol. The Labute approximate surface area is 206 Å². The van der Waals surface area contributed by atoms with Crippen LogP contribution in [-0.2, 0) is 5.41 Å². The summed E-state index contributed by atoms with van der Waals surface area (Å²) in [5.74, 6) is -0.154. The van der Waals surface area contributed by atoms with Crippen LogP contribution >= 0.6 is 0 Å². The van der Waals surface area contributed by atoms with E-state index in [1.165, 1.54) is 6.08 Å². The van der Waals surface area contributed by atoms with Crippen molar-refractivity contribution in [3.8, 4) is 16.9 Å². The van der Waals surface area contributed by atoms with Crippen molar-refractivity contribution in [2.24, 2.45) is 0 Å². The van der Waals surface area contributed by atoms with Crippen molar-refractivity contribution < 1.29 is 14.3 Å². The molecule has 0 aliphatic carbocycles. The van der Waals surface area contributed by atoms with Gasteiger partial charge in [-0.1, -0.05) is 106 Å². The Morgan fingerprint density at radius 2 is 1.23 bits per heavy atom. The number of hydrogen-bond acceptors (Lipinski definition) is 3. The summed E-state index contributed by atoms with van der Waals surface area (Å²) in [7, 11) is 0. The van der Waals surface area contributed by atoms with Gasteiger partial charge in [-0.3, -0.25) is 4.79 Å². The molecule has 174 valence electrons. The lowest BCUT2D eigenvalue weighted by atomic mass is 9.87. The van der Waals surface area contributed by atoms with Gasteiger partial charge in [0.25, 0.3) is 0 Å². The molecule has 0 unspecified atom stereocenters. The molecule has 0 aliphatic heterocycles. The van der Waals surface area contributed by atoms with E-state index in [1.807, 2.05) is 78.9 Å². The molecule has 0 saturated heterocycles. The Balaban J connectivity index is 1.46. The summed E-state index contributed by atoms with van der Waals surface area (Å²) in [6, 6.07) is 32.2. The van der Waals surface area contributed by atoms with Crippen molar-refractivity contribution >= 4 is 17.8 Å². The van der Waals surface area contributed by atoms with E-state index in [2.05, 4.69) is 20.8 Å². The maximum atomic E-state index is 12.7. The van der Waals surface area contributed by atoms with E-state index in [1.54, 1.807) is 30.3 Å². The van der Waals surface area contributed by atoms with Crippen LogP contribution in [0, 0.1) is 0 Å². The van der Waals surface area contributed by atoms with Gasteiger partial charge in [0.1, 0.15) is 5.75 Å². The Kier molecular flexibility index (Phi) is 7.07. The molecule has 0 bridgehead atoms. The van der Waals surface area contributed by atoms with Crippen LogP contribution in [-0.4, -0.2) is 11.8 Å². The molecule has 0 N–H and O–H groups in total. The summed E-state index contributed by atoms with van der Waals surface area (Å²) in [6.07, 6.45) is 3.18. The van der Waals surface area contributed by atoms with Gasteiger partial charge in [-0.05, 0) is 52.5 Å². The monoisotopic (exact) mass is 460 g/mol. The molecule has 0 atom stereocenters. The normalized spacial score (nSPS) is 11.4. The molecule has 35 heavy (non-hydrogen) atoms. The van der Waals surface area contributed by atoms with Crippen molar-refractivity contribution in [3.05, 3.63) is 131 Å². The fourth-order valence-corrected chi connectivity index (χ4v) is 3.70. The molecule has 4 aromatic carbocycles. The van der Waals surface area contributed by atoms with E-state index in [4.69, 9.17) is 4.74 Å². The van der Waals surface area contributed by atoms with E-state index in [9.17, 15) is 9.59 Å². The topological polar surface area (TPSA) is 43.4 Å². The van der Waals surface area contributed by atoms with Gasteiger partial charge in [-0.15, -0.1) is 0 Å². The van der Waals surface area contributed by atoms with E-state index < -0.39 is 5.97 Å². The minimum atomic E-state index is -0.436. The highest BCUT2D eigenvalue weighted by molar-refractivity contribution is 6.07. The van der Waals surface area contributed by atoms with Gasteiger partial charge in [0.05, 0.1) is 5.56 Å². The molecule has 0 heterocycles. The molecule has 0 radical (unpaired) electrons. The third kappa shape index (κ3) is 6.01. The van der Waals surface area contributed by atoms with Crippen LogP contribution in [0.5, 0.6) is 5.75 Å². The van der Waals surface area contributed by atoms with Gasteiger partial charge in [0.15, 0.2) is 5.78 Å². The lowest BCUT2D eigenvalue weighted by Gasteiger charge is -2.19. The van der Waals surface area contributed by atoms with E-state index in [0.29, 0.717) is 22.4 Å². The molecule has 3 nitrogen and oxygen atoms in total. The third-order valence-electron chi connectivity index (χ3n) is 5.80. The molecule has 4 rings (SSSR count). The average Bonchev–Trinajstić information content (AvgIpc) is 2.88. The SMILES string of the molecule is CC(C)(C)c1ccc(C(=O)Oc2ccccc2/C=C/C(=O)c2ccc(-c3ccccc3)cc2)cc1. The van der Waals surface area contributed by atoms with Gasteiger partial charge in [0.2, 0.25) is 0 Å². The Morgan fingerprint density at radius 1 is 0.657 bits per heavy atom. The molecule has 4 aromatic rings. The molecule has 0 fully saturated rings. The van der Waals surface area contributed by atoms with Crippen LogP contribution in [0.4, 0.5) is 0 Å². The summed E-state index contributed by atoms with van der Waals surface area (Å²) in [5, 5.41) is 0. The van der Waals surface area contributed by atoms with Gasteiger partial charge in [-0.25, -0.2) is 4.79 Å². The van der Waals surface area contributed by atoms with Crippen molar-refractivity contribution in [1.82, 2.24) is 0 Å². The summed E-state index contributed by atoms with van der Waals surface area (Å²) < 4.78 is 5.66.